The predicted octanol–water partition coefficient (Wildman–Crippen LogP) is 3.43. The van der Waals surface area contributed by atoms with E-state index in [2.05, 4.69) is 0 Å². The number of nitrogen functional groups attached to an aromatic ring is 1. The quantitative estimate of drug-likeness (QED) is 0.656. The average molecular weight is 306 g/mol. The maximum atomic E-state index is 11.6. The Balaban J connectivity index is 1.70. The summed E-state index contributed by atoms with van der Waals surface area (Å²) in [6, 6.07) is 14.3. The third-order valence-corrected chi connectivity index (χ3v) is 2.96. The number of ether oxygens (including phenoxy) is 2. The summed E-state index contributed by atoms with van der Waals surface area (Å²) in [5, 5.41) is 0.619. The van der Waals surface area contributed by atoms with Crippen LogP contribution < -0.4 is 10.5 Å². The number of carbonyl (C=O) groups is 1. The molecule has 5 heteroatoms. The first-order valence-electron chi connectivity index (χ1n) is 6.52. The van der Waals surface area contributed by atoms with E-state index < -0.39 is 0 Å². The molecule has 0 aliphatic rings. The molecule has 0 aromatic heterocycles. The van der Waals surface area contributed by atoms with Crippen molar-refractivity contribution in [2.75, 3.05) is 12.3 Å². The zero-order chi connectivity index (χ0) is 15.1. The summed E-state index contributed by atoms with van der Waals surface area (Å²) in [7, 11) is 0. The van der Waals surface area contributed by atoms with Crippen molar-refractivity contribution in [2.24, 2.45) is 0 Å². The maximum Gasteiger partial charge on any atom is 0.309 e. The van der Waals surface area contributed by atoms with Crippen LogP contribution in [0.2, 0.25) is 5.02 Å². The summed E-state index contributed by atoms with van der Waals surface area (Å²) in [6.45, 7) is 0.454. The molecule has 0 heterocycles. The fourth-order valence-electron chi connectivity index (χ4n) is 1.72. The van der Waals surface area contributed by atoms with E-state index in [9.17, 15) is 4.79 Å². The summed E-state index contributed by atoms with van der Waals surface area (Å²) in [4.78, 5) is 11.6. The van der Waals surface area contributed by atoms with Gasteiger partial charge in [0.05, 0.1) is 13.0 Å². The van der Waals surface area contributed by atoms with Gasteiger partial charge in [-0.25, -0.2) is 0 Å². The molecule has 0 saturated carbocycles. The highest BCUT2D eigenvalue weighted by Gasteiger charge is 2.05. The topological polar surface area (TPSA) is 61.5 Å². The number of hydrogen-bond donors (Lipinski definition) is 1. The molecule has 0 unspecified atom stereocenters. The van der Waals surface area contributed by atoms with Crippen molar-refractivity contribution < 1.29 is 14.3 Å². The molecule has 0 radical (unpaired) electrons. The Labute approximate surface area is 128 Å². The highest BCUT2D eigenvalue weighted by molar-refractivity contribution is 6.30. The van der Waals surface area contributed by atoms with E-state index in [1.807, 2.05) is 12.1 Å². The number of rotatable bonds is 6. The minimum Gasteiger partial charge on any atom is -0.493 e. The number of nitrogens with two attached hydrogens (primary N) is 1. The van der Waals surface area contributed by atoms with Crippen LogP contribution in [-0.4, -0.2) is 12.6 Å². The minimum atomic E-state index is -0.320. The third kappa shape index (κ3) is 5.36. The van der Waals surface area contributed by atoms with Crippen molar-refractivity contribution in [3.63, 3.8) is 0 Å². The fourth-order valence-corrected chi connectivity index (χ4v) is 1.93. The largest absolute Gasteiger partial charge is 0.493 e. The normalized spacial score (nSPS) is 10.1. The van der Waals surface area contributed by atoms with Crippen molar-refractivity contribution in [3.8, 4) is 5.75 Å². The van der Waals surface area contributed by atoms with Crippen LogP contribution in [0, 0.1) is 0 Å². The van der Waals surface area contributed by atoms with Gasteiger partial charge < -0.3 is 15.2 Å². The Hall–Kier alpha value is -2.20. The van der Waals surface area contributed by atoms with Gasteiger partial charge in [0.2, 0.25) is 0 Å². The minimum absolute atomic E-state index is 0.176. The summed E-state index contributed by atoms with van der Waals surface area (Å²) >= 11 is 5.85. The average Bonchev–Trinajstić information content (AvgIpc) is 2.45. The van der Waals surface area contributed by atoms with Crippen LogP contribution in [0.15, 0.2) is 48.5 Å². The van der Waals surface area contributed by atoms with Crippen LogP contribution in [0.3, 0.4) is 0 Å². The van der Waals surface area contributed by atoms with Crippen LogP contribution in [0.4, 0.5) is 5.69 Å². The second-order valence-electron chi connectivity index (χ2n) is 4.46. The molecule has 2 aromatic rings. The molecule has 110 valence electrons. The SMILES string of the molecule is Nc1cccc(OCCC(=O)OCc2cccc(Cl)c2)c1. The van der Waals surface area contributed by atoms with Gasteiger partial charge in [-0.1, -0.05) is 29.8 Å². The standard InChI is InChI=1S/C16H16ClNO3/c17-13-4-1-3-12(9-13)11-21-16(19)7-8-20-15-6-2-5-14(18)10-15/h1-6,9-10H,7-8,11,18H2. The number of esters is 1. The lowest BCUT2D eigenvalue weighted by Gasteiger charge is -2.07. The molecule has 0 fully saturated rings. The van der Waals surface area contributed by atoms with Crippen molar-refractivity contribution in [1.82, 2.24) is 0 Å². The first-order chi connectivity index (χ1) is 10.1. The van der Waals surface area contributed by atoms with Gasteiger partial charge in [-0.05, 0) is 29.8 Å². The highest BCUT2D eigenvalue weighted by Crippen LogP contribution is 2.15. The monoisotopic (exact) mass is 305 g/mol. The van der Waals surface area contributed by atoms with Gasteiger partial charge in [0, 0.05) is 16.8 Å². The molecule has 4 nitrogen and oxygen atoms in total. The Kier molecular flexibility index (Phi) is 5.46. The van der Waals surface area contributed by atoms with Gasteiger partial charge >= 0.3 is 5.97 Å². The van der Waals surface area contributed by atoms with E-state index in [0.717, 1.165) is 5.56 Å². The molecule has 0 spiro atoms. The van der Waals surface area contributed by atoms with Crippen molar-refractivity contribution >= 4 is 23.3 Å². The summed E-state index contributed by atoms with van der Waals surface area (Å²) in [5.41, 5.74) is 7.11. The molecule has 0 saturated heterocycles. The van der Waals surface area contributed by atoms with Crippen LogP contribution in [0.5, 0.6) is 5.75 Å². The van der Waals surface area contributed by atoms with Gasteiger partial charge in [-0.3, -0.25) is 4.79 Å². The number of carbonyl (C=O) groups excluding carboxylic acids is 1. The van der Waals surface area contributed by atoms with Crippen LogP contribution in [-0.2, 0) is 16.1 Å². The van der Waals surface area contributed by atoms with E-state index in [0.29, 0.717) is 16.5 Å². The highest BCUT2D eigenvalue weighted by atomic mass is 35.5. The molecule has 2 rings (SSSR count). The van der Waals surface area contributed by atoms with Crippen molar-refractivity contribution in [2.45, 2.75) is 13.0 Å². The number of hydrogen-bond acceptors (Lipinski definition) is 4. The maximum absolute atomic E-state index is 11.6. The summed E-state index contributed by atoms with van der Waals surface area (Å²) < 4.78 is 10.6. The van der Waals surface area contributed by atoms with Crippen LogP contribution >= 0.6 is 11.6 Å². The third-order valence-electron chi connectivity index (χ3n) is 2.72. The number of halogens is 1. The first kappa shape index (κ1) is 15.2. The zero-order valence-corrected chi connectivity index (χ0v) is 12.2. The predicted molar refractivity (Wildman–Crippen MR) is 82.2 cm³/mol. The Bertz CT molecular complexity index is 616. The molecule has 0 bridgehead atoms. The molecular weight excluding hydrogens is 290 g/mol. The van der Waals surface area contributed by atoms with Gasteiger partial charge in [0.25, 0.3) is 0 Å². The molecule has 2 N–H and O–H groups in total. The smallest absolute Gasteiger partial charge is 0.309 e. The van der Waals surface area contributed by atoms with E-state index in [1.54, 1.807) is 36.4 Å². The lowest BCUT2D eigenvalue weighted by atomic mass is 10.2. The van der Waals surface area contributed by atoms with Crippen molar-refractivity contribution in [1.29, 1.82) is 0 Å². The Morgan fingerprint density at radius 2 is 1.95 bits per heavy atom. The molecular formula is C16H16ClNO3. The molecule has 0 atom stereocenters. The van der Waals surface area contributed by atoms with Gasteiger partial charge in [0.15, 0.2) is 0 Å². The Morgan fingerprint density at radius 3 is 2.71 bits per heavy atom. The van der Waals surface area contributed by atoms with E-state index in [-0.39, 0.29) is 25.6 Å². The Morgan fingerprint density at radius 1 is 1.14 bits per heavy atom. The summed E-state index contributed by atoms with van der Waals surface area (Å²) in [6.07, 6.45) is 0.176. The lowest BCUT2D eigenvalue weighted by molar-refractivity contribution is -0.145. The first-order valence-corrected chi connectivity index (χ1v) is 6.90. The van der Waals surface area contributed by atoms with Gasteiger partial charge in [-0.15, -0.1) is 0 Å². The molecule has 0 aliphatic carbocycles. The van der Waals surface area contributed by atoms with Gasteiger partial charge in [-0.2, -0.15) is 0 Å². The zero-order valence-electron chi connectivity index (χ0n) is 11.4. The molecule has 0 amide bonds. The molecule has 21 heavy (non-hydrogen) atoms. The van der Waals surface area contributed by atoms with E-state index in [4.69, 9.17) is 26.8 Å². The fraction of sp³-hybridized carbons (Fsp3) is 0.188. The number of benzene rings is 2. The van der Waals surface area contributed by atoms with E-state index >= 15 is 0 Å². The van der Waals surface area contributed by atoms with Gasteiger partial charge in [0.1, 0.15) is 12.4 Å². The van der Waals surface area contributed by atoms with Crippen molar-refractivity contribution in [3.05, 3.63) is 59.1 Å². The van der Waals surface area contributed by atoms with Crippen LogP contribution in [0.25, 0.3) is 0 Å². The summed E-state index contributed by atoms with van der Waals surface area (Å²) in [5.74, 6) is 0.316. The number of anilines is 1. The van der Waals surface area contributed by atoms with Crippen LogP contribution in [0.1, 0.15) is 12.0 Å². The molecule has 2 aromatic carbocycles. The van der Waals surface area contributed by atoms with E-state index in [1.165, 1.54) is 0 Å². The second-order valence-corrected chi connectivity index (χ2v) is 4.90. The second kappa shape index (κ2) is 7.55. The molecule has 0 aliphatic heterocycles. The lowest BCUT2D eigenvalue weighted by Crippen LogP contribution is -2.10.